The van der Waals surface area contributed by atoms with Crippen molar-refractivity contribution in [2.45, 2.75) is 38.4 Å². The number of hydrogen-bond donors (Lipinski definition) is 1. The van der Waals surface area contributed by atoms with Crippen molar-refractivity contribution in [1.82, 2.24) is 5.32 Å². The minimum Gasteiger partial charge on any atom is -0.385 e. The Hall–Kier alpha value is -0.120. The highest BCUT2D eigenvalue weighted by Gasteiger charge is 2.20. The van der Waals surface area contributed by atoms with Gasteiger partial charge in [0.05, 0.1) is 12.2 Å². The van der Waals surface area contributed by atoms with Crippen molar-refractivity contribution in [3.05, 3.63) is 0 Å². The third kappa shape index (κ3) is 4.60. The third-order valence-corrected chi connectivity index (χ3v) is 2.39. The molecule has 0 aromatic carbocycles. The van der Waals surface area contributed by atoms with Gasteiger partial charge in [0.2, 0.25) is 0 Å². The second-order valence-electron chi connectivity index (χ2n) is 3.70. The molecule has 1 saturated heterocycles. The molecule has 2 unspecified atom stereocenters. The summed E-state index contributed by atoms with van der Waals surface area (Å²) in [6.45, 7) is 5.01. The first-order valence-electron chi connectivity index (χ1n) is 5.18. The summed E-state index contributed by atoms with van der Waals surface area (Å²) < 4.78 is 10.6. The van der Waals surface area contributed by atoms with Crippen molar-refractivity contribution in [2.24, 2.45) is 0 Å². The molecule has 0 aliphatic carbocycles. The summed E-state index contributed by atoms with van der Waals surface area (Å²) >= 11 is 0. The SMILES string of the molecule is COCCCNCC1CCC(C)O1. The summed E-state index contributed by atoms with van der Waals surface area (Å²) in [6, 6.07) is 0. The van der Waals surface area contributed by atoms with Crippen LogP contribution in [0.4, 0.5) is 0 Å². The van der Waals surface area contributed by atoms with Gasteiger partial charge >= 0.3 is 0 Å². The molecule has 2 atom stereocenters. The first-order chi connectivity index (χ1) is 6.33. The second-order valence-corrected chi connectivity index (χ2v) is 3.70. The molecule has 0 saturated carbocycles. The molecule has 1 fully saturated rings. The van der Waals surface area contributed by atoms with Crippen molar-refractivity contribution < 1.29 is 9.47 Å². The van der Waals surface area contributed by atoms with Gasteiger partial charge in [-0.3, -0.25) is 0 Å². The van der Waals surface area contributed by atoms with Gasteiger partial charge in [-0.05, 0) is 32.7 Å². The van der Waals surface area contributed by atoms with E-state index in [9.17, 15) is 0 Å². The fourth-order valence-electron chi connectivity index (χ4n) is 1.64. The number of rotatable bonds is 6. The van der Waals surface area contributed by atoms with Crippen molar-refractivity contribution >= 4 is 0 Å². The van der Waals surface area contributed by atoms with Gasteiger partial charge in [-0.25, -0.2) is 0 Å². The van der Waals surface area contributed by atoms with Crippen LogP contribution >= 0.6 is 0 Å². The lowest BCUT2D eigenvalue weighted by Gasteiger charge is -2.11. The van der Waals surface area contributed by atoms with Crippen LogP contribution in [0.1, 0.15) is 26.2 Å². The van der Waals surface area contributed by atoms with Gasteiger partial charge in [-0.2, -0.15) is 0 Å². The summed E-state index contributed by atoms with van der Waals surface area (Å²) in [6.07, 6.45) is 4.41. The van der Waals surface area contributed by atoms with Gasteiger partial charge in [0.1, 0.15) is 0 Å². The Balaban J connectivity index is 1.88. The van der Waals surface area contributed by atoms with Crippen LogP contribution in [0.5, 0.6) is 0 Å². The van der Waals surface area contributed by atoms with Gasteiger partial charge in [-0.1, -0.05) is 0 Å². The van der Waals surface area contributed by atoms with E-state index < -0.39 is 0 Å². The topological polar surface area (TPSA) is 30.5 Å². The molecule has 0 spiro atoms. The fourth-order valence-corrected chi connectivity index (χ4v) is 1.64. The molecule has 1 aliphatic rings. The fraction of sp³-hybridized carbons (Fsp3) is 1.00. The normalized spacial score (nSPS) is 28.2. The van der Waals surface area contributed by atoms with Crippen LogP contribution in [0.25, 0.3) is 0 Å². The minimum absolute atomic E-state index is 0.442. The standard InChI is InChI=1S/C10H21NO2/c1-9-4-5-10(13-9)8-11-6-3-7-12-2/h9-11H,3-8H2,1-2H3. The van der Waals surface area contributed by atoms with Crippen LogP contribution in [0, 0.1) is 0 Å². The molecule has 0 bridgehead atoms. The number of methoxy groups -OCH3 is 1. The maximum absolute atomic E-state index is 5.67. The highest BCUT2D eigenvalue weighted by atomic mass is 16.5. The van der Waals surface area contributed by atoms with Gasteiger partial charge in [-0.15, -0.1) is 0 Å². The molecular weight excluding hydrogens is 166 g/mol. The summed E-state index contributed by atoms with van der Waals surface area (Å²) in [5.74, 6) is 0. The zero-order valence-corrected chi connectivity index (χ0v) is 8.71. The first-order valence-corrected chi connectivity index (χ1v) is 5.18. The Kier molecular flexibility index (Phi) is 5.35. The van der Waals surface area contributed by atoms with Crippen molar-refractivity contribution in [1.29, 1.82) is 0 Å². The van der Waals surface area contributed by atoms with E-state index in [-0.39, 0.29) is 0 Å². The number of hydrogen-bond acceptors (Lipinski definition) is 3. The second kappa shape index (κ2) is 6.35. The molecule has 78 valence electrons. The highest BCUT2D eigenvalue weighted by molar-refractivity contribution is 4.72. The lowest BCUT2D eigenvalue weighted by Crippen LogP contribution is -2.28. The van der Waals surface area contributed by atoms with Crippen molar-refractivity contribution in [2.75, 3.05) is 26.8 Å². The van der Waals surface area contributed by atoms with Crippen LogP contribution in [-0.2, 0) is 9.47 Å². The van der Waals surface area contributed by atoms with Crippen LogP contribution in [0.2, 0.25) is 0 Å². The maximum Gasteiger partial charge on any atom is 0.0704 e. The maximum atomic E-state index is 5.67. The summed E-state index contributed by atoms with van der Waals surface area (Å²) in [5.41, 5.74) is 0. The Labute approximate surface area is 80.8 Å². The van der Waals surface area contributed by atoms with Crippen molar-refractivity contribution in [3.63, 3.8) is 0 Å². The molecule has 13 heavy (non-hydrogen) atoms. The molecule has 0 amide bonds. The van der Waals surface area contributed by atoms with E-state index in [0.29, 0.717) is 12.2 Å². The molecule has 1 rings (SSSR count). The Bertz CT molecular complexity index is 130. The minimum atomic E-state index is 0.442. The predicted molar refractivity (Wildman–Crippen MR) is 52.9 cm³/mol. The Morgan fingerprint density at radius 3 is 2.92 bits per heavy atom. The van der Waals surface area contributed by atoms with E-state index in [1.807, 2.05) is 0 Å². The van der Waals surface area contributed by atoms with Gasteiger partial charge in [0.15, 0.2) is 0 Å². The van der Waals surface area contributed by atoms with Crippen LogP contribution < -0.4 is 5.32 Å². The molecule has 3 nitrogen and oxygen atoms in total. The molecule has 1 aliphatic heterocycles. The zero-order valence-electron chi connectivity index (χ0n) is 8.71. The largest absolute Gasteiger partial charge is 0.385 e. The molecule has 0 aromatic heterocycles. The first kappa shape index (κ1) is 11.0. The summed E-state index contributed by atoms with van der Waals surface area (Å²) in [7, 11) is 1.74. The summed E-state index contributed by atoms with van der Waals surface area (Å²) in [5, 5.41) is 3.38. The Morgan fingerprint density at radius 1 is 1.46 bits per heavy atom. The van der Waals surface area contributed by atoms with E-state index in [2.05, 4.69) is 12.2 Å². The lowest BCUT2D eigenvalue weighted by atomic mass is 10.2. The van der Waals surface area contributed by atoms with Crippen LogP contribution in [-0.4, -0.2) is 39.0 Å². The molecule has 1 heterocycles. The van der Waals surface area contributed by atoms with Gasteiger partial charge < -0.3 is 14.8 Å². The molecule has 0 aromatic rings. The highest BCUT2D eigenvalue weighted by Crippen LogP contribution is 2.17. The number of nitrogens with one attached hydrogen (secondary N) is 1. The molecule has 3 heteroatoms. The Morgan fingerprint density at radius 2 is 2.31 bits per heavy atom. The quantitative estimate of drug-likeness (QED) is 0.633. The summed E-state index contributed by atoms with van der Waals surface area (Å²) in [4.78, 5) is 0. The van der Waals surface area contributed by atoms with Gasteiger partial charge in [0.25, 0.3) is 0 Å². The molecule has 0 radical (unpaired) electrons. The molecular formula is C10H21NO2. The monoisotopic (exact) mass is 187 g/mol. The average Bonchev–Trinajstić information content (AvgIpc) is 2.51. The predicted octanol–water partition coefficient (Wildman–Crippen LogP) is 1.18. The van der Waals surface area contributed by atoms with Crippen molar-refractivity contribution in [3.8, 4) is 0 Å². The van der Waals surface area contributed by atoms with E-state index in [4.69, 9.17) is 9.47 Å². The van der Waals surface area contributed by atoms with Crippen LogP contribution in [0.3, 0.4) is 0 Å². The van der Waals surface area contributed by atoms with E-state index in [1.54, 1.807) is 7.11 Å². The zero-order chi connectivity index (χ0) is 9.52. The van der Waals surface area contributed by atoms with Crippen LogP contribution in [0.15, 0.2) is 0 Å². The smallest absolute Gasteiger partial charge is 0.0704 e. The average molecular weight is 187 g/mol. The van der Waals surface area contributed by atoms with E-state index in [1.165, 1.54) is 12.8 Å². The lowest BCUT2D eigenvalue weighted by molar-refractivity contribution is 0.0558. The third-order valence-electron chi connectivity index (χ3n) is 2.39. The molecule has 1 N–H and O–H groups in total. The van der Waals surface area contributed by atoms with Gasteiger partial charge in [0, 0.05) is 20.3 Å². The van der Waals surface area contributed by atoms with E-state index >= 15 is 0 Å². The van der Waals surface area contributed by atoms with E-state index in [0.717, 1.165) is 26.1 Å². The number of ether oxygens (including phenoxy) is 2.